The molecule has 31 heavy (non-hydrogen) atoms. The molecule has 4 aromatic rings. The van der Waals surface area contributed by atoms with Gasteiger partial charge in [0.15, 0.2) is 0 Å². The number of alkyl halides is 3. The van der Waals surface area contributed by atoms with Crippen LogP contribution in [0.1, 0.15) is 21.8 Å². The lowest BCUT2D eigenvalue weighted by atomic mass is 10.1. The smallest absolute Gasteiger partial charge is 0.350 e. The van der Waals surface area contributed by atoms with E-state index in [-0.39, 0.29) is 11.7 Å². The number of nitrogens with one attached hydrogen (secondary N) is 1. The number of carbonyl (C=O) groups excluding carboxylic acids is 1. The van der Waals surface area contributed by atoms with Crippen molar-refractivity contribution in [1.82, 2.24) is 25.0 Å². The Morgan fingerprint density at radius 1 is 1.26 bits per heavy atom. The first-order chi connectivity index (χ1) is 14.7. The number of halogens is 4. The molecule has 160 valence electrons. The second-order valence-electron chi connectivity index (χ2n) is 6.75. The van der Waals surface area contributed by atoms with E-state index in [4.69, 9.17) is 11.6 Å². The van der Waals surface area contributed by atoms with Gasteiger partial charge in [0.2, 0.25) is 5.82 Å². The lowest BCUT2D eigenvalue weighted by Gasteiger charge is -2.10. The number of carbonyl (C=O) groups is 1. The predicted octanol–water partition coefficient (Wildman–Crippen LogP) is 4.50. The number of hydrogen-bond donors (Lipinski definition) is 1. The Kier molecular flexibility index (Phi) is 5.40. The van der Waals surface area contributed by atoms with E-state index in [0.29, 0.717) is 40.3 Å². The Bertz CT molecular complexity index is 1250. The minimum Gasteiger partial charge on any atom is -0.350 e. The molecule has 0 saturated carbocycles. The number of nitrogens with zero attached hydrogens (tertiary/aromatic N) is 4. The molecule has 0 atom stereocenters. The van der Waals surface area contributed by atoms with Crippen LogP contribution >= 0.6 is 11.6 Å². The maximum atomic E-state index is 12.7. The molecular weight excluding hydrogens is 435 g/mol. The Morgan fingerprint density at radius 2 is 2.06 bits per heavy atom. The quantitative estimate of drug-likeness (QED) is 0.485. The van der Waals surface area contributed by atoms with Crippen molar-refractivity contribution in [3.63, 3.8) is 0 Å². The summed E-state index contributed by atoms with van der Waals surface area (Å²) >= 11 is 6.12. The van der Waals surface area contributed by atoms with Gasteiger partial charge < -0.3 is 14.4 Å². The van der Waals surface area contributed by atoms with Gasteiger partial charge >= 0.3 is 12.1 Å². The van der Waals surface area contributed by atoms with E-state index >= 15 is 0 Å². The normalized spacial score (nSPS) is 11.8. The van der Waals surface area contributed by atoms with E-state index in [1.807, 2.05) is 0 Å². The highest BCUT2D eigenvalue weighted by Gasteiger charge is 2.38. The van der Waals surface area contributed by atoms with Crippen molar-refractivity contribution in [2.75, 3.05) is 6.54 Å². The fraction of sp³-hybridized carbons (Fsp3) is 0.200. The Balaban J connectivity index is 1.51. The van der Waals surface area contributed by atoms with Gasteiger partial charge in [0.1, 0.15) is 0 Å². The molecule has 11 heteroatoms. The van der Waals surface area contributed by atoms with Crippen molar-refractivity contribution < 1.29 is 22.5 Å². The van der Waals surface area contributed by atoms with Crippen LogP contribution in [0, 0.1) is 6.92 Å². The molecule has 0 spiro atoms. The maximum absolute atomic E-state index is 12.7. The van der Waals surface area contributed by atoms with Crippen LogP contribution in [0.5, 0.6) is 0 Å². The van der Waals surface area contributed by atoms with E-state index in [1.165, 1.54) is 0 Å². The minimum atomic E-state index is -4.71. The van der Waals surface area contributed by atoms with Crippen molar-refractivity contribution in [2.24, 2.45) is 0 Å². The highest BCUT2D eigenvalue weighted by Crippen LogP contribution is 2.30. The SMILES string of the molecule is Cc1cccc(Cl)c1C(=O)NCCn1cnc2ccc(-c3noc(C(F)(F)F)n3)cc21. The molecule has 1 N–H and O–H groups in total. The zero-order valence-corrected chi connectivity index (χ0v) is 16.8. The maximum Gasteiger partial charge on any atom is 0.471 e. The molecule has 0 unspecified atom stereocenters. The first kappa shape index (κ1) is 20.9. The second kappa shape index (κ2) is 8.03. The summed E-state index contributed by atoms with van der Waals surface area (Å²) in [5.74, 6) is -1.88. The molecule has 0 aliphatic heterocycles. The molecule has 2 heterocycles. The molecule has 0 radical (unpaired) electrons. The lowest BCUT2D eigenvalue weighted by molar-refractivity contribution is -0.159. The summed E-state index contributed by atoms with van der Waals surface area (Å²) in [5, 5.41) is 6.59. The molecule has 0 fully saturated rings. The molecule has 2 aromatic carbocycles. The highest BCUT2D eigenvalue weighted by molar-refractivity contribution is 6.34. The molecule has 0 aliphatic rings. The summed E-state index contributed by atoms with van der Waals surface area (Å²) in [6.45, 7) is 2.47. The molecule has 0 bridgehead atoms. The van der Waals surface area contributed by atoms with Gasteiger partial charge in [-0.1, -0.05) is 28.9 Å². The zero-order valence-electron chi connectivity index (χ0n) is 16.1. The summed E-state index contributed by atoms with van der Waals surface area (Å²) in [6.07, 6.45) is -3.13. The molecule has 4 rings (SSSR count). The molecule has 0 aliphatic carbocycles. The number of rotatable bonds is 5. The number of benzene rings is 2. The van der Waals surface area contributed by atoms with Crippen LogP contribution in [0.25, 0.3) is 22.4 Å². The summed E-state index contributed by atoms with van der Waals surface area (Å²) in [4.78, 5) is 20.1. The van der Waals surface area contributed by atoms with Gasteiger partial charge in [-0.25, -0.2) is 4.98 Å². The summed E-state index contributed by atoms with van der Waals surface area (Å²) in [6, 6.07) is 10.0. The monoisotopic (exact) mass is 449 g/mol. The molecule has 2 aromatic heterocycles. The third kappa shape index (κ3) is 4.24. The Hall–Kier alpha value is -3.40. The summed E-state index contributed by atoms with van der Waals surface area (Å²) < 4.78 is 44.2. The topological polar surface area (TPSA) is 85.8 Å². The van der Waals surface area contributed by atoms with Crippen LogP contribution in [-0.2, 0) is 12.7 Å². The average Bonchev–Trinajstić information content (AvgIpc) is 3.35. The summed E-state index contributed by atoms with van der Waals surface area (Å²) in [7, 11) is 0. The van der Waals surface area contributed by atoms with Crippen LogP contribution < -0.4 is 5.32 Å². The first-order valence-electron chi connectivity index (χ1n) is 9.13. The van der Waals surface area contributed by atoms with Gasteiger partial charge in [0.05, 0.1) is 27.9 Å². The number of aromatic nitrogens is 4. The fourth-order valence-electron chi connectivity index (χ4n) is 3.13. The van der Waals surface area contributed by atoms with Gasteiger partial charge in [0.25, 0.3) is 5.91 Å². The average molecular weight is 450 g/mol. The van der Waals surface area contributed by atoms with Crippen molar-refractivity contribution >= 4 is 28.5 Å². The molecular formula is C20H15ClF3N5O2. The van der Waals surface area contributed by atoms with Gasteiger partial charge in [0, 0.05) is 18.7 Å². The van der Waals surface area contributed by atoms with Crippen molar-refractivity contribution in [2.45, 2.75) is 19.6 Å². The van der Waals surface area contributed by atoms with Crippen molar-refractivity contribution in [3.05, 3.63) is 64.8 Å². The van der Waals surface area contributed by atoms with Crippen molar-refractivity contribution in [3.8, 4) is 11.4 Å². The Labute approximate surface area is 178 Å². The molecule has 0 saturated heterocycles. The number of fused-ring (bicyclic) bond motifs is 1. The standard InChI is InChI=1S/C20H15ClF3N5O2/c1-11-3-2-4-13(21)16(11)18(30)25-7-8-29-10-26-14-6-5-12(9-15(14)29)17-27-19(31-28-17)20(22,23)24/h2-6,9-10H,7-8H2,1H3,(H,25,30). The number of hydrogen-bond acceptors (Lipinski definition) is 5. The summed E-state index contributed by atoms with van der Waals surface area (Å²) in [5.41, 5.74) is 2.82. The zero-order chi connectivity index (χ0) is 22.2. The Morgan fingerprint density at radius 3 is 2.77 bits per heavy atom. The fourth-order valence-corrected chi connectivity index (χ4v) is 3.44. The minimum absolute atomic E-state index is 0.176. The van der Waals surface area contributed by atoms with Crippen LogP contribution in [0.2, 0.25) is 5.02 Å². The van der Waals surface area contributed by atoms with Gasteiger partial charge in [-0.05, 0) is 36.8 Å². The van der Waals surface area contributed by atoms with Crippen LogP contribution in [0.3, 0.4) is 0 Å². The number of aryl methyl sites for hydroxylation is 1. The van der Waals surface area contributed by atoms with E-state index < -0.39 is 12.1 Å². The number of imidazole rings is 1. The largest absolute Gasteiger partial charge is 0.471 e. The van der Waals surface area contributed by atoms with Gasteiger partial charge in [-0.2, -0.15) is 18.2 Å². The van der Waals surface area contributed by atoms with Gasteiger partial charge in [-0.15, -0.1) is 0 Å². The van der Waals surface area contributed by atoms with E-state index in [0.717, 1.165) is 5.56 Å². The van der Waals surface area contributed by atoms with Crippen LogP contribution in [-0.4, -0.2) is 32.1 Å². The lowest BCUT2D eigenvalue weighted by Crippen LogP contribution is -2.28. The molecule has 7 nitrogen and oxygen atoms in total. The third-order valence-corrected chi connectivity index (χ3v) is 4.95. The van der Waals surface area contributed by atoms with Crippen molar-refractivity contribution in [1.29, 1.82) is 0 Å². The number of amides is 1. The van der Waals surface area contributed by atoms with Gasteiger partial charge in [-0.3, -0.25) is 4.79 Å². The first-order valence-corrected chi connectivity index (χ1v) is 9.51. The van der Waals surface area contributed by atoms with E-state index in [2.05, 4.69) is 25.0 Å². The van der Waals surface area contributed by atoms with E-state index in [9.17, 15) is 18.0 Å². The molecule has 1 amide bonds. The highest BCUT2D eigenvalue weighted by atomic mass is 35.5. The van der Waals surface area contributed by atoms with Crippen LogP contribution in [0.4, 0.5) is 13.2 Å². The van der Waals surface area contributed by atoms with Crippen LogP contribution in [0.15, 0.2) is 47.2 Å². The predicted molar refractivity (Wildman–Crippen MR) is 107 cm³/mol. The third-order valence-electron chi connectivity index (χ3n) is 4.64. The van der Waals surface area contributed by atoms with E-state index in [1.54, 1.807) is 54.2 Å². The second-order valence-corrected chi connectivity index (χ2v) is 7.16.